The van der Waals surface area contributed by atoms with E-state index >= 15 is 0 Å². The Balaban J connectivity index is 2.02. The number of piperidine rings is 1. The van der Waals surface area contributed by atoms with E-state index in [1.54, 1.807) is 31.8 Å². The summed E-state index contributed by atoms with van der Waals surface area (Å²) in [4.78, 5) is 27.9. The molecule has 0 aliphatic carbocycles. The monoisotopic (exact) mass is 458 g/mol. The van der Waals surface area contributed by atoms with Crippen LogP contribution in [0.4, 0.5) is 0 Å². The van der Waals surface area contributed by atoms with Gasteiger partial charge in [0.2, 0.25) is 0 Å². The normalized spacial score (nSPS) is 15.9. The first-order valence-corrected chi connectivity index (χ1v) is 11.4. The van der Waals surface area contributed by atoms with Crippen LogP contribution in [0.15, 0.2) is 35.1 Å². The molecule has 1 saturated heterocycles. The minimum atomic E-state index is -0.457. The summed E-state index contributed by atoms with van der Waals surface area (Å²) in [5.41, 5.74) is 1.64. The third kappa shape index (κ3) is 5.57. The third-order valence-corrected chi connectivity index (χ3v) is 6.26. The maximum Gasteiger partial charge on any atom is 0.309 e. The van der Waals surface area contributed by atoms with Crippen molar-refractivity contribution in [2.45, 2.75) is 39.3 Å². The van der Waals surface area contributed by atoms with E-state index in [1.165, 1.54) is 0 Å². The van der Waals surface area contributed by atoms with Crippen molar-refractivity contribution in [1.82, 2.24) is 9.47 Å². The van der Waals surface area contributed by atoms with Crippen LogP contribution in [0.25, 0.3) is 0 Å². The molecular weight excluding hydrogens is 424 g/mol. The number of likely N-dealkylation sites (tertiary alicyclic amines) is 1. The Morgan fingerprint density at radius 2 is 1.85 bits per heavy atom. The lowest BCUT2D eigenvalue weighted by Crippen LogP contribution is -2.42. The number of pyridine rings is 1. The van der Waals surface area contributed by atoms with E-state index < -0.39 is 6.04 Å². The number of hydrogen-bond donors (Lipinski definition) is 1. The van der Waals surface area contributed by atoms with Crippen LogP contribution < -0.4 is 10.3 Å². The predicted molar refractivity (Wildman–Crippen MR) is 125 cm³/mol. The van der Waals surface area contributed by atoms with Crippen LogP contribution >= 0.6 is 0 Å². The molecule has 1 aliphatic rings. The number of ether oxygens (including phenoxy) is 3. The fraction of sp³-hybridized carbons (Fsp3) is 0.520. The Bertz CT molecular complexity index is 993. The van der Waals surface area contributed by atoms with Crippen LogP contribution in [0, 0.1) is 12.8 Å². The number of hydrogen-bond acceptors (Lipinski definition) is 7. The van der Waals surface area contributed by atoms with E-state index in [1.807, 2.05) is 31.2 Å². The second kappa shape index (κ2) is 11.3. The second-order valence-electron chi connectivity index (χ2n) is 8.27. The van der Waals surface area contributed by atoms with Gasteiger partial charge in [-0.05, 0) is 63.5 Å². The van der Waals surface area contributed by atoms with Gasteiger partial charge in [-0.25, -0.2) is 0 Å². The molecule has 0 radical (unpaired) electrons. The molecule has 1 aromatic carbocycles. The maximum atomic E-state index is 13.6. The van der Waals surface area contributed by atoms with Gasteiger partial charge < -0.3 is 23.9 Å². The average molecular weight is 459 g/mol. The Hall–Kier alpha value is -2.84. The lowest BCUT2D eigenvalue weighted by molar-refractivity contribution is -0.149. The maximum absolute atomic E-state index is 13.6. The minimum absolute atomic E-state index is 0.0282. The molecule has 2 aromatic rings. The van der Waals surface area contributed by atoms with E-state index in [0.717, 1.165) is 5.56 Å². The number of nitrogens with zero attached hydrogens (tertiary/aromatic N) is 2. The molecule has 0 bridgehead atoms. The van der Waals surface area contributed by atoms with E-state index in [0.29, 0.717) is 62.7 Å². The Morgan fingerprint density at radius 3 is 2.42 bits per heavy atom. The van der Waals surface area contributed by atoms with Crippen molar-refractivity contribution in [3.8, 4) is 11.5 Å². The van der Waals surface area contributed by atoms with Crippen LogP contribution in [0.5, 0.6) is 11.5 Å². The molecule has 0 spiro atoms. The Morgan fingerprint density at radius 1 is 1.18 bits per heavy atom. The number of aryl methyl sites for hydroxylation is 1. The predicted octanol–water partition coefficient (Wildman–Crippen LogP) is 2.88. The van der Waals surface area contributed by atoms with E-state index in [2.05, 4.69) is 4.90 Å². The summed E-state index contributed by atoms with van der Waals surface area (Å²) < 4.78 is 17.3. The molecule has 3 rings (SSSR count). The topological polar surface area (TPSA) is 90.2 Å². The lowest BCUT2D eigenvalue weighted by atomic mass is 9.91. The summed E-state index contributed by atoms with van der Waals surface area (Å²) in [5, 5.41) is 10.9. The Kier molecular flexibility index (Phi) is 8.52. The van der Waals surface area contributed by atoms with Gasteiger partial charge in [-0.15, -0.1) is 0 Å². The lowest BCUT2D eigenvalue weighted by Gasteiger charge is -2.37. The standard InChI is InChI=1S/C25H34N2O6/c1-5-33-25(30)19-10-12-26(13-11-19)23(18-6-8-20(32-4)9-7-18)22-21(28)16-17(2)27(24(22)29)14-15-31-3/h6-9,16,19,23,28H,5,10-15H2,1-4H3/t23-/m0/s1. The first-order valence-electron chi connectivity index (χ1n) is 11.4. The third-order valence-electron chi connectivity index (χ3n) is 6.26. The zero-order valence-corrected chi connectivity index (χ0v) is 19.9. The fourth-order valence-electron chi connectivity index (χ4n) is 4.49. The van der Waals surface area contributed by atoms with E-state index in [9.17, 15) is 14.7 Å². The quantitative estimate of drug-likeness (QED) is 0.578. The zero-order valence-electron chi connectivity index (χ0n) is 19.9. The van der Waals surface area contributed by atoms with Gasteiger partial charge in [-0.1, -0.05) is 12.1 Å². The summed E-state index contributed by atoms with van der Waals surface area (Å²) in [5.74, 6) is 0.365. The molecule has 1 atom stereocenters. The number of carbonyl (C=O) groups excluding carboxylic acids is 1. The summed E-state index contributed by atoms with van der Waals surface area (Å²) in [6.45, 7) is 5.97. The smallest absolute Gasteiger partial charge is 0.309 e. The highest BCUT2D eigenvalue weighted by molar-refractivity contribution is 5.72. The van der Waals surface area contributed by atoms with Crippen molar-refractivity contribution in [2.24, 2.45) is 5.92 Å². The number of benzene rings is 1. The van der Waals surface area contributed by atoms with Crippen LogP contribution in [-0.2, 0) is 20.8 Å². The molecule has 0 unspecified atom stereocenters. The van der Waals surface area contributed by atoms with Gasteiger partial charge in [0.05, 0.1) is 37.8 Å². The molecule has 8 nitrogen and oxygen atoms in total. The fourth-order valence-corrected chi connectivity index (χ4v) is 4.49. The number of methoxy groups -OCH3 is 2. The van der Waals surface area contributed by atoms with Crippen molar-refractivity contribution in [3.63, 3.8) is 0 Å². The van der Waals surface area contributed by atoms with Crippen LogP contribution in [0.2, 0.25) is 0 Å². The molecule has 2 heterocycles. The largest absolute Gasteiger partial charge is 0.507 e. The average Bonchev–Trinajstić information content (AvgIpc) is 2.82. The molecular formula is C25H34N2O6. The van der Waals surface area contributed by atoms with Gasteiger partial charge in [0, 0.05) is 19.3 Å². The molecule has 8 heteroatoms. The zero-order chi connectivity index (χ0) is 24.0. The molecule has 180 valence electrons. The van der Waals surface area contributed by atoms with E-state index in [4.69, 9.17) is 14.2 Å². The van der Waals surface area contributed by atoms with Gasteiger partial charge in [0.15, 0.2) is 0 Å². The first kappa shape index (κ1) is 24.8. The summed E-state index contributed by atoms with van der Waals surface area (Å²) >= 11 is 0. The van der Waals surface area contributed by atoms with Crippen molar-refractivity contribution in [2.75, 3.05) is 40.5 Å². The molecule has 1 aliphatic heterocycles. The van der Waals surface area contributed by atoms with Gasteiger partial charge >= 0.3 is 5.97 Å². The number of aromatic hydroxyl groups is 1. The molecule has 1 aromatic heterocycles. The van der Waals surface area contributed by atoms with Gasteiger partial charge in [0.1, 0.15) is 11.5 Å². The number of esters is 1. The minimum Gasteiger partial charge on any atom is -0.507 e. The van der Waals surface area contributed by atoms with Crippen LogP contribution in [-0.4, -0.2) is 61.1 Å². The highest BCUT2D eigenvalue weighted by atomic mass is 16.5. The Labute approximate surface area is 194 Å². The van der Waals surface area contributed by atoms with Crippen LogP contribution in [0.1, 0.15) is 42.6 Å². The van der Waals surface area contributed by atoms with Gasteiger partial charge in [-0.3, -0.25) is 14.5 Å². The molecule has 1 N–H and O–H groups in total. The van der Waals surface area contributed by atoms with Crippen molar-refractivity contribution >= 4 is 5.97 Å². The van der Waals surface area contributed by atoms with Crippen molar-refractivity contribution in [3.05, 3.63) is 57.5 Å². The van der Waals surface area contributed by atoms with E-state index in [-0.39, 0.29) is 23.2 Å². The van der Waals surface area contributed by atoms with Crippen LogP contribution in [0.3, 0.4) is 0 Å². The summed E-state index contributed by atoms with van der Waals surface area (Å²) in [7, 11) is 3.20. The van der Waals surface area contributed by atoms with Crippen molar-refractivity contribution < 1.29 is 24.1 Å². The highest BCUT2D eigenvalue weighted by Gasteiger charge is 2.34. The SMILES string of the molecule is CCOC(=O)C1CCN([C@@H](c2ccc(OC)cc2)c2c(O)cc(C)n(CCOC)c2=O)CC1. The van der Waals surface area contributed by atoms with Gasteiger partial charge in [-0.2, -0.15) is 0 Å². The number of rotatable bonds is 9. The summed E-state index contributed by atoms with van der Waals surface area (Å²) in [6, 6.07) is 8.71. The molecule has 1 fully saturated rings. The van der Waals surface area contributed by atoms with Gasteiger partial charge in [0.25, 0.3) is 5.56 Å². The molecule has 33 heavy (non-hydrogen) atoms. The second-order valence-corrected chi connectivity index (χ2v) is 8.27. The number of aromatic nitrogens is 1. The first-order chi connectivity index (χ1) is 15.9. The molecule has 0 amide bonds. The summed E-state index contributed by atoms with van der Waals surface area (Å²) in [6.07, 6.45) is 1.27. The van der Waals surface area contributed by atoms with Crippen molar-refractivity contribution in [1.29, 1.82) is 0 Å². The number of carbonyl (C=O) groups is 1. The molecule has 0 saturated carbocycles. The highest BCUT2D eigenvalue weighted by Crippen LogP contribution is 2.36.